The van der Waals surface area contributed by atoms with E-state index >= 15 is 0 Å². The second-order valence-corrected chi connectivity index (χ2v) is 6.48. The first-order valence-electron chi connectivity index (χ1n) is 9.07. The lowest BCUT2D eigenvalue weighted by Gasteiger charge is -2.34. The number of aliphatic hydroxyl groups excluding tert-OH is 1. The average Bonchev–Trinajstić information content (AvgIpc) is 2.92. The summed E-state index contributed by atoms with van der Waals surface area (Å²) in [6.45, 7) is 5.04. The van der Waals surface area contributed by atoms with Crippen LogP contribution in [0.1, 0.15) is 97.3 Å². The van der Waals surface area contributed by atoms with Crippen LogP contribution in [0.3, 0.4) is 0 Å². The summed E-state index contributed by atoms with van der Waals surface area (Å²) in [7, 11) is 0. The molecule has 0 amide bonds. The molecule has 0 heterocycles. The minimum atomic E-state index is -0.245. The Labute approximate surface area is 126 Å². The lowest BCUT2D eigenvalue weighted by molar-refractivity contribution is -0.119. The maximum absolute atomic E-state index is 10.5. The maximum Gasteiger partial charge on any atom is 0.0939 e. The van der Waals surface area contributed by atoms with Gasteiger partial charge < -0.3 is 9.84 Å². The van der Waals surface area contributed by atoms with E-state index in [0.29, 0.717) is 0 Å². The molecule has 0 saturated heterocycles. The van der Waals surface area contributed by atoms with E-state index in [1.54, 1.807) is 0 Å². The van der Waals surface area contributed by atoms with Crippen molar-refractivity contribution in [2.45, 2.75) is 109 Å². The highest BCUT2D eigenvalue weighted by atomic mass is 16.5. The fourth-order valence-electron chi connectivity index (χ4n) is 3.57. The lowest BCUT2D eigenvalue weighted by Crippen LogP contribution is -2.42. The summed E-state index contributed by atoms with van der Waals surface area (Å²) in [5.74, 6) is 0. The topological polar surface area (TPSA) is 29.5 Å². The molecule has 1 N–H and O–H groups in total. The van der Waals surface area contributed by atoms with E-state index in [9.17, 15) is 5.11 Å². The van der Waals surface area contributed by atoms with Crippen molar-refractivity contribution in [3.8, 4) is 0 Å². The Morgan fingerprint density at radius 1 is 0.900 bits per heavy atom. The van der Waals surface area contributed by atoms with Crippen LogP contribution in [0.5, 0.6) is 0 Å². The van der Waals surface area contributed by atoms with Gasteiger partial charge in [-0.25, -0.2) is 0 Å². The number of ether oxygens (including phenoxy) is 1. The molecule has 2 heteroatoms. The molecule has 2 nitrogen and oxygen atoms in total. The number of rotatable bonds is 12. The van der Waals surface area contributed by atoms with Crippen molar-refractivity contribution in [3.05, 3.63) is 0 Å². The summed E-state index contributed by atoms with van der Waals surface area (Å²) in [4.78, 5) is 0. The van der Waals surface area contributed by atoms with Crippen molar-refractivity contribution in [1.82, 2.24) is 0 Å². The van der Waals surface area contributed by atoms with Gasteiger partial charge in [0.1, 0.15) is 0 Å². The number of hydrogen-bond donors (Lipinski definition) is 1. The molecule has 0 aromatic carbocycles. The van der Waals surface area contributed by atoms with Crippen molar-refractivity contribution in [3.63, 3.8) is 0 Å². The molecule has 20 heavy (non-hydrogen) atoms. The number of aliphatic hydroxyl groups is 1. The monoisotopic (exact) mass is 284 g/mol. The highest BCUT2D eigenvalue weighted by Crippen LogP contribution is 2.37. The zero-order valence-electron chi connectivity index (χ0n) is 13.8. The molecule has 1 atom stereocenters. The van der Waals surface area contributed by atoms with Gasteiger partial charge in [-0.3, -0.25) is 0 Å². The van der Waals surface area contributed by atoms with Crippen molar-refractivity contribution < 1.29 is 9.84 Å². The fourth-order valence-corrected chi connectivity index (χ4v) is 3.57. The number of hydrogen-bond acceptors (Lipinski definition) is 2. The zero-order valence-corrected chi connectivity index (χ0v) is 13.8. The standard InChI is InChI=1S/C18H36O2/c1-3-5-6-7-8-9-10-11-14-17(19)18(20-4-2)15-12-13-16-18/h17,19H,3-16H2,1-2H3. The van der Waals surface area contributed by atoms with Gasteiger partial charge in [0.15, 0.2) is 0 Å². The van der Waals surface area contributed by atoms with Gasteiger partial charge in [-0.2, -0.15) is 0 Å². The average molecular weight is 284 g/mol. The van der Waals surface area contributed by atoms with Gasteiger partial charge in [0.25, 0.3) is 0 Å². The molecule has 0 aromatic heterocycles. The van der Waals surface area contributed by atoms with E-state index < -0.39 is 0 Å². The Morgan fingerprint density at radius 2 is 1.45 bits per heavy atom. The van der Waals surface area contributed by atoms with Crippen LogP contribution < -0.4 is 0 Å². The molecular formula is C18H36O2. The Bertz CT molecular complexity index is 221. The van der Waals surface area contributed by atoms with E-state index in [2.05, 4.69) is 6.92 Å². The molecule has 0 bridgehead atoms. The molecule has 0 radical (unpaired) electrons. The zero-order chi connectivity index (χ0) is 14.7. The van der Waals surface area contributed by atoms with E-state index in [-0.39, 0.29) is 11.7 Å². The Hall–Kier alpha value is -0.0800. The third-order valence-electron chi connectivity index (χ3n) is 4.82. The Kier molecular flexibility index (Phi) is 9.54. The van der Waals surface area contributed by atoms with Gasteiger partial charge in [0.05, 0.1) is 11.7 Å². The smallest absolute Gasteiger partial charge is 0.0939 e. The maximum atomic E-state index is 10.5. The minimum Gasteiger partial charge on any atom is -0.390 e. The van der Waals surface area contributed by atoms with E-state index in [1.807, 2.05) is 6.92 Å². The fraction of sp³-hybridized carbons (Fsp3) is 1.00. The number of unbranched alkanes of at least 4 members (excludes halogenated alkanes) is 7. The Balaban J connectivity index is 2.08. The van der Waals surface area contributed by atoms with Gasteiger partial charge in [0.2, 0.25) is 0 Å². The van der Waals surface area contributed by atoms with Crippen LogP contribution in [-0.2, 0) is 4.74 Å². The van der Waals surface area contributed by atoms with Crippen LogP contribution in [0, 0.1) is 0 Å². The third kappa shape index (κ3) is 6.13. The summed E-state index contributed by atoms with van der Waals surface area (Å²) in [6, 6.07) is 0. The first kappa shape index (κ1) is 18.0. The van der Waals surface area contributed by atoms with Crippen molar-refractivity contribution >= 4 is 0 Å². The van der Waals surface area contributed by atoms with Crippen LogP contribution in [0.4, 0.5) is 0 Å². The lowest BCUT2D eigenvalue weighted by atomic mass is 9.90. The largest absolute Gasteiger partial charge is 0.390 e. The highest BCUT2D eigenvalue weighted by molar-refractivity contribution is 4.92. The first-order chi connectivity index (χ1) is 9.75. The van der Waals surface area contributed by atoms with Gasteiger partial charge in [-0.1, -0.05) is 71.1 Å². The van der Waals surface area contributed by atoms with Crippen LogP contribution in [0.25, 0.3) is 0 Å². The first-order valence-corrected chi connectivity index (χ1v) is 9.07. The summed E-state index contributed by atoms with van der Waals surface area (Å²) < 4.78 is 5.92. The van der Waals surface area contributed by atoms with E-state index in [4.69, 9.17) is 4.74 Å². The molecule has 1 aliphatic carbocycles. The van der Waals surface area contributed by atoms with Crippen molar-refractivity contribution in [2.24, 2.45) is 0 Å². The normalized spacial score (nSPS) is 19.4. The van der Waals surface area contributed by atoms with Crippen LogP contribution in [-0.4, -0.2) is 23.4 Å². The third-order valence-corrected chi connectivity index (χ3v) is 4.82. The molecule has 1 aliphatic rings. The molecular weight excluding hydrogens is 248 g/mol. The molecule has 0 aromatic rings. The summed E-state index contributed by atoms with van der Waals surface area (Å²) in [5, 5.41) is 10.5. The molecule has 120 valence electrons. The summed E-state index contributed by atoms with van der Waals surface area (Å²) in [5.41, 5.74) is -0.199. The van der Waals surface area contributed by atoms with Gasteiger partial charge >= 0.3 is 0 Å². The van der Waals surface area contributed by atoms with Gasteiger partial charge in [-0.15, -0.1) is 0 Å². The second-order valence-electron chi connectivity index (χ2n) is 6.48. The quantitative estimate of drug-likeness (QED) is 0.497. The predicted molar refractivity (Wildman–Crippen MR) is 86.1 cm³/mol. The van der Waals surface area contributed by atoms with Gasteiger partial charge in [-0.05, 0) is 26.2 Å². The Morgan fingerprint density at radius 3 is 2.00 bits per heavy atom. The molecule has 0 spiro atoms. The molecule has 1 unspecified atom stereocenters. The summed E-state index contributed by atoms with van der Waals surface area (Å²) in [6.07, 6.45) is 15.8. The van der Waals surface area contributed by atoms with Crippen molar-refractivity contribution in [2.75, 3.05) is 6.61 Å². The summed E-state index contributed by atoms with van der Waals surface area (Å²) >= 11 is 0. The minimum absolute atomic E-state index is 0.199. The SMILES string of the molecule is CCCCCCCCCCC(O)C1(OCC)CCCC1. The predicted octanol–water partition coefficient (Wildman–Crippen LogP) is 5.23. The van der Waals surface area contributed by atoms with E-state index in [1.165, 1.54) is 57.8 Å². The van der Waals surface area contributed by atoms with Crippen LogP contribution in [0.2, 0.25) is 0 Å². The second kappa shape index (κ2) is 10.6. The molecule has 1 fully saturated rings. The highest BCUT2D eigenvalue weighted by Gasteiger charge is 2.40. The molecule has 1 saturated carbocycles. The van der Waals surface area contributed by atoms with Crippen LogP contribution >= 0.6 is 0 Å². The molecule has 0 aliphatic heterocycles. The van der Waals surface area contributed by atoms with Gasteiger partial charge in [0, 0.05) is 6.61 Å². The van der Waals surface area contributed by atoms with Crippen LogP contribution in [0.15, 0.2) is 0 Å². The van der Waals surface area contributed by atoms with Crippen molar-refractivity contribution in [1.29, 1.82) is 0 Å². The van der Waals surface area contributed by atoms with E-state index in [0.717, 1.165) is 32.3 Å². The molecule has 1 rings (SSSR count).